The van der Waals surface area contributed by atoms with Gasteiger partial charge in [-0.1, -0.05) is 26.0 Å². The van der Waals surface area contributed by atoms with Crippen molar-refractivity contribution in [2.45, 2.75) is 13.8 Å². The van der Waals surface area contributed by atoms with E-state index in [1.807, 2.05) is 24.3 Å². The Bertz CT molecular complexity index is 1020. The summed E-state index contributed by atoms with van der Waals surface area (Å²) in [5.41, 5.74) is 4.28. The van der Waals surface area contributed by atoms with Crippen LogP contribution in [0.1, 0.15) is 24.3 Å². The molecule has 0 aliphatic heterocycles. The van der Waals surface area contributed by atoms with Crippen molar-refractivity contribution in [3.05, 3.63) is 42.2 Å². The summed E-state index contributed by atoms with van der Waals surface area (Å²) >= 11 is 0. The second-order valence-corrected chi connectivity index (χ2v) is 6.53. The number of fused-ring (bicyclic) bond motifs is 1. The van der Waals surface area contributed by atoms with Crippen LogP contribution in [0.3, 0.4) is 0 Å². The number of nitrogens with one attached hydrogen (secondary N) is 4. The van der Waals surface area contributed by atoms with Gasteiger partial charge in [0.1, 0.15) is 11.4 Å². The Balaban J connectivity index is 1.64. The molecule has 0 fully saturated rings. The van der Waals surface area contributed by atoms with E-state index < -0.39 is 0 Å². The van der Waals surface area contributed by atoms with Gasteiger partial charge in [0.05, 0.1) is 11.0 Å². The molecule has 4 rings (SSSR count). The maximum atomic E-state index is 12.2. The standard InChI is InChI=1S/C18H19N7O/c1-10(2)8-20-18(26)14-7-11(9-19-14)15-16(24-25-23-15)17-21-12-5-3-4-6-13(12)22-17/h3-7,9-10,19H,8H2,1-2H3,(H,20,26)(H,21,22)(H,23,24,25). The fourth-order valence-electron chi connectivity index (χ4n) is 2.72. The highest BCUT2D eigenvalue weighted by atomic mass is 16.1. The first kappa shape index (κ1) is 16.1. The number of carbonyl (C=O) groups is 1. The van der Waals surface area contributed by atoms with E-state index in [0.717, 1.165) is 16.6 Å². The Labute approximate surface area is 149 Å². The highest BCUT2D eigenvalue weighted by molar-refractivity contribution is 5.94. The predicted octanol–water partition coefficient (Wildman–Crippen LogP) is 2.73. The van der Waals surface area contributed by atoms with Gasteiger partial charge >= 0.3 is 0 Å². The quantitative estimate of drug-likeness (QED) is 0.443. The number of H-pyrrole nitrogens is 3. The van der Waals surface area contributed by atoms with Gasteiger partial charge in [-0.25, -0.2) is 4.98 Å². The lowest BCUT2D eigenvalue weighted by atomic mass is 10.2. The summed E-state index contributed by atoms with van der Waals surface area (Å²) in [6.45, 7) is 4.73. The van der Waals surface area contributed by atoms with Crippen LogP contribution in [-0.4, -0.2) is 42.8 Å². The second kappa shape index (κ2) is 6.47. The fourth-order valence-corrected chi connectivity index (χ4v) is 2.72. The molecule has 4 N–H and O–H groups in total. The number of benzene rings is 1. The average molecular weight is 349 g/mol. The van der Waals surface area contributed by atoms with Crippen molar-refractivity contribution in [3.63, 3.8) is 0 Å². The minimum Gasteiger partial charge on any atom is -0.357 e. The van der Waals surface area contributed by atoms with Gasteiger partial charge in [0, 0.05) is 18.3 Å². The van der Waals surface area contributed by atoms with E-state index in [1.54, 1.807) is 12.3 Å². The number of aromatic nitrogens is 6. The Hall–Kier alpha value is -3.42. The number of hydrogen-bond acceptors (Lipinski definition) is 4. The maximum Gasteiger partial charge on any atom is 0.267 e. The topological polar surface area (TPSA) is 115 Å². The van der Waals surface area contributed by atoms with Crippen LogP contribution < -0.4 is 5.32 Å². The number of aromatic amines is 3. The van der Waals surface area contributed by atoms with Crippen molar-refractivity contribution in [1.82, 2.24) is 35.7 Å². The zero-order valence-corrected chi connectivity index (χ0v) is 14.5. The van der Waals surface area contributed by atoms with E-state index in [9.17, 15) is 4.79 Å². The van der Waals surface area contributed by atoms with Gasteiger partial charge in [-0.15, -0.1) is 0 Å². The summed E-state index contributed by atoms with van der Waals surface area (Å²) in [5, 5.41) is 14.0. The smallest absolute Gasteiger partial charge is 0.267 e. The molecule has 0 aliphatic carbocycles. The predicted molar refractivity (Wildman–Crippen MR) is 98.4 cm³/mol. The number of para-hydroxylation sites is 2. The summed E-state index contributed by atoms with van der Waals surface area (Å²) in [6, 6.07) is 9.54. The van der Waals surface area contributed by atoms with E-state index in [0.29, 0.717) is 35.4 Å². The van der Waals surface area contributed by atoms with Gasteiger partial charge in [0.15, 0.2) is 11.5 Å². The lowest BCUT2D eigenvalue weighted by Gasteiger charge is -2.05. The van der Waals surface area contributed by atoms with Crippen LogP contribution in [-0.2, 0) is 0 Å². The number of hydrogen-bond donors (Lipinski definition) is 4. The van der Waals surface area contributed by atoms with Crippen molar-refractivity contribution in [2.24, 2.45) is 5.92 Å². The van der Waals surface area contributed by atoms with E-state index in [2.05, 4.69) is 49.5 Å². The number of imidazole rings is 1. The van der Waals surface area contributed by atoms with Crippen LogP contribution >= 0.6 is 0 Å². The van der Waals surface area contributed by atoms with Gasteiger partial charge in [0.25, 0.3) is 5.91 Å². The van der Waals surface area contributed by atoms with Crippen LogP contribution in [0.25, 0.3) is 33.8 Å². The molecule has 0 aliphatic rings. The first-order valence-corrected chi connectivity index (χ1v) is 8.44. The summed E-state index contributed by atoms with van der Waals surface area (Å²) < 4.78 is 0. The van der Waals surface area contributed by atoms with Crippen LogP contribution in [0.15, 0.2) is 36.5 Å². The molecule has 0 spiro atoms. The average Bonchev–Trinajstić information content (AvgIpc) is 3.36. The monoisotopic (exact) mass is 349 g/mol. The molecule has 0 bridgehead atoms. The van der Waals surface area contributed by atoms with Crippen molar-refractivity contribution < 1.29 is 4.79 Å². The summed E-state index contributed by atoms with van der Waals surface area (Å²) in [6.07, 6.45) is 1.74. The molecule has 3 aromatic heterocycles. The lowest BCUT2D eigenvalue weighted by molar-refractivity contribution is 0.0944. The highest BCUT2D eigenvalue weighted by Gasteiger charge is 2.18. The zero-order chi connectivity index (χ0) is 18.1. The molecule has 0 saturated carbocycles. The molecule has 4 aromatic rings. The molecule has 0 saturated heterocycles. The van der Waals surface area contributed by atoms with Crippen LogP contribution in [0.5, 0.6) is 0 Å². The third-order valence-electron chi connectivity index (χ3n) is 4.03. The molecule has 132 valence electrons. The first-order chi connectivity index (χ1) is 12.6. The number of carbonyl (C=O) groups excluding carboxylic acids is 1. The molecule has 3 heterocycles. The summed E-state index contributed by atoms with van der Waals surface area (Å²) in [5.74, 6) is 0.879. The first-order valence-electron chi connectivity index (χ1n) is 8.44. The molecule has 26 heavy (non-hydrogen) atoms. The summed E-state index contributed by atoms with van der Waals surface area (Å²) in [4.78, 5) is 23.0. The van der Waals surface area contributed by atoms with E-state index in [1.165, 1.54) is 0 Å². The Morgan fingerprint density at radius 2 is 2.00 bits per heavy atom. The normalized spacial score (nSPS) is 11.3. The molecule has 1 amide bonds. The highest BCUT2D eigenvalue weighted by Crippen LogP contribution is 2.28. The largest absolute Gasteiger partial charge is 0.357 e. The molecular formula is C18H19N7O. The van der Waals surface area contributed by atoms with Gasteiger partial charge in [-0.05, 0) is 24.1 Å². The van der Waals surface area contributed by atoms with Crippen molar-refractivity contribution >= 4 is 16.9 Å². The van der Waals surface area contributed by atoms with Crippen molar-refractivity contribution in [2.75, 3.05) is 6.54 Å². The zero-order valence-electron chi connectivity index (χ0n) is 14.5. The number of nitrogens with zero attached hydrogens (tertiary/aromatic N) is 3. The third-order valence-corrected chi connectivity index (χ3v) is 4.03. The van der Waals surface area contributed by atoms with Gasteiger partial charge in [-0.3, -0.25) is 4.79 Å². The molecular weight excluding hydrogens is 330 g/mol. The number of amides is 1. The minimum absolute atomic E-state index is 0.140. The fraction of sp³-hybridized carbons (Fsp3) is 0.222. The maximum absolute atomic E-state index is 12.2. The molecule has 8 heteroatoms. The van der Waals surface area contributed by atoms with Crippen molar-refractivity contribution in [3.8, 4) is 22.8 Å². The molecule has 0 unspecified atom stereocenters. The lowest BCUT2D eigenvalue weighted by Crippen LogP contribution is -2.27. The SMILES string of the molecule is CC(C)CNC(=O)c1cc(-c2n[nH]nc2-c2nc3ccccc3[nH]2)c[nH]1. The number of rotatable bonds is 5. The second-order valence-electron chi connectivity index (χ2n) is 6.53. The van der Waals surface area contributed by atoms with Crippen molar-refractivity contribution in [1.29, 1.82) is 0 Å². The Morgan fingerprint density at radius 1 is 1.19 bits per heavy atom. The van der Waals surface area contributed by atoms with Crippen LogP contribution in [0, 0.1) is 5.92 Å². The molecule has 0 radical (unpaired) electrons. The van der Waals surface area contributed by atoms with Gasteiger partial charge in [-0.2, -0.15) is 15.4 Å². The van der Waals surface area contributed by atoms with Gasteiger partial charge < -0.3 is 15.3 Å². The van der Waals surface area contributed by atoms with Crippen LogP contribution in [0.2, 0.25) is 0 Å². The van der Waals surface area contributed by atoms with E-state index in [4.69, 9.17) is 0 Å². The van der Waals surface area contributed by atoms with E-state index in [-0.39, 0.29) is 5.91 Å². The Kier molecular flexibility index (Phi) is 4.00. The van der Waals surface area contributed by atoms with Crippen LogP contribution in [0.4, 0.5) is 0 Å². The molecule has 1 aromatic carbocycles. The van der Waals surface area contributed by atoms with E-state index >= 15 is 0 Å². The molecule has 0 atom stereocenters. The van der Waals surface area contributed by atoms with Gasteiger partial charge in [0.2, 0.25) is 0 Å². The molecule has 8 nitrogen and oxygen atoms in total. The Morgan fingerprint density at radius 3 is 2.81 bits per heavy atom. The third kappa shape index (κ3) is 2.97. The minimum atomic E-state index is -0.140. The summed E-state index contributed by atoms with van der Waals surface area (Å²) in [7, 11) is 0.